The number of carbonyl (C=O) groups is 1. The summed E-state index contributed by atoms with van der Waals surface area (Å²) in [5.41, 5.74) is 2.78. The van der Waals surface area contributed by atoms with Crippen LogP contribution in [0.3, 0.4) is 0 Å². The molecule has 142 valence electrons. The van der Waals surface area contributed by atoms with Crippen LogP contribution in [0.1, 0.15) is 37.1 Å². The van der Waals surface area contributed by atoms with Crippen LogP contribution < -0.4 is 5.32 Å². The van der Waals surface area contributed by atoms with Crippen molar-refractivity contribution < 1.29 is 4.79 Å². The van der Waals surface area contributed by atoms with Gasteiger partial charge in [0.15, 0.2) is 0 Å². The van der Waals surface area contributed by atoms with Gasteiger partial charge in [-0.3, -0.25) is 10.4 Å². The molecule has 2 amide bonds. The largest absolute Gasteiger partial charge is 0.323 e. The summed E-state index contributed by atoms with van der Waals surface area (Å²) >= 11 is 1.65. The Morgan fingerprint density at radius 3 is 3.04 bits per heavy atom. The Bertz CT molecular complexity index is 924. The van der Waals surface area contributed by atoms with E-state index in [1.807, 2.05) is 41.4 Å². The van der Waals surface area contributed by atoms with Crippen LogP contribution in [0.25, 0.3) is 10.6 Å². The molecule has 3 heterocycles. The number of urea groups is 1. The molecule has 3 aromatic heterocycles. The summed E-state index contributed by atoms with van der Waals surface area (Å²) in [6, 6.07) is 6.17. The lowest BCUT2D eigenvalue weighted by Gasteiger charge is -2.20. The van der Waals surface area contributed by atoms with E-state index in [2.05, 4.69) is 27.5 Å². The van der Waals surface area contributed by atoms with E-state index >= 15 is 0 Å². The normalized spacial score (nSPS) is 14.9. The van der Waals surface area contributed by atoms with Gasteiger partial charge >= 0.3 is 6.03 Å². The maximum Gasteiger partial charge on any atom is 0.323 e. The molecule has 3 aromatic rings. The molecule has 4 rings (SSSR count). The molecular formula is C19H24N6OS. The molecule has 0 saturated heterocycles. The zero-order chi connectivity index (χ0) is 19.0. The fraction of sp³-hybridized carbons (Fsp3) is 0.421. The van der Waals surface area contributed by atoms with Crippen molar-refractivity contribution in [1.82, 2.24) is 24.9 Å². The van der Waals surface area contributed by atoms with E-state index in [1.54, 1.807) is 23.3 Å². The number of hydrogen-bond donors (Lipinski definition) is 2. The van der Waals surface area contributed by atoms with Gasteiger partial charge < -0.3 is 4.90 Å². The second-order valence-electron chi connectivity index (χ2n) is 7.24. The topological polar surface area (TPSA) is 78.8 Å². The van der Waals surface area contributed by atoms with E-state index in [4.69, 9.17) is 0 Å². The summed E-state index contributed by atoms with van der Waals surface area (Å²) in [4.78, 5) is 15.5. The number of thiophene rings is 1. The minimum absolute atomic E-state index is 0.157. The first-order chi connectivity index (χ1) is 13.0. The standard InChI is InChI=1S/C19H24N6OS/c1-12-10-20-25(13(2)14-6-7-14)18(12)21-19(26)24(3)11-15-9-16(23-22-15)17-5-4-8-27-17/h4-5,8-10,13-14H,6-7,11H2,1-3H3,(H,21,26)(H,22,23)/t13-/m1/s1. The predicted molar refractivity (Wildman–Crippen MR) is 107 cm³/mol. The smallest absolute Gasteiger partial charge is 0.322 e. The Balaban J connectivity index is 1.42. The molecule has 27 heavy (non-hydrogen) atoms. The van der Waals surface area contributed by atoms with Gasteiger partial charge in [0.25, 0.3) is 0 Å². The summed E-state index contributed by atoms with van der Waals surface area (Å²) in [6.07, 6.45) is 4.29. The second-order valence-corrected chi connectivity index (χ2v) is 8.19. The van der Waals surface area contributed by atoms with Crippen molar-refractivity contribution in [3.63, 3.8) is 0 Å². The average molecular weight is 385 g/mol. The number of aromatic nitrogens is 4. The van der Waals surface area contributed by atoms with E-state index in [1.165, 1.54) is 12.8 Å². The van der Waals surface area contributed by atoms with Gasteiger partial charge in [0.05, 0.1) is 29.4 Å². The van der Waals surface area contributed by atoms with Crippen LogP contribution in [0.5, 0.6) is 0 Å². The Morgan fingerprint density at radius 2 is 2.33 bits per heavy atom. The molecule has 2 N–H and O–H groups in total. The summed E-state index contributed by atoms with van der Waals surface area (Å²) in [5.74, 6) is 1.45. The molecule has 0 spiro atoms. The fourth-order valence-electron chi connectivity index (χ4n) is 3.21. The molecule has 0 bridgehead atoms. The van der Waals surface area contributed by atoms with E-state index in [-0.39, 0.29) is 6.03 Å². The first-order valence-corrected chi connectivity index (χ1v) is 10.0. The van der Waals surface area contributed by atoms with Crippen molar-refractivity contribution in [2.24, 2.45) is 5.92 Å². The van der Waals surface area contributed by atoms with Crippen molar-refractivity contribution >= 4 is 23.2 Å². The minimum atomic E-state index is -0.157. The van der Waals surface area contributed by atoms with Gasteiger partial charge in [0.2, 0.25) is 0 Å². The molecule has 0 radical (unpaired) electrons. The molecule has 0 aliphatic heterocycles. The zero-order valence-electron chi connectivity index (χ0n) is 15.8. The summed E-state index contributed by atoms with van der Waals surface area (Å²) in [7, 11) is 1.78. The SMILES string of the molecule is Cc1cnn([C@H](C)C2CC2)c1NC(=O)N(C)Cc1cc(-c2cccs2)n[nH]1. The Hall–Kier alpha value is -2.61. The molecule has 1 saturated carbocycles. The van der Waals surface area contributed by atoms with Gasteiger partial charge in [-0.15, -0.1) is 11.3 Å². The highest BCUT2D eigenvalue weighted by Gasteiger charge is 2.31. The molecular weight excluding hydrogens is 360 g/mol. The summed E-state index contributed by atoms with van der Waals surface area (Å²) < 4.78 is 1.95. The number of nitrogens with zero attached hydrogens (tertiary/aromatic N) is 4. The van der Waals surface area contributed by atoms with Crippen molar-refractivity contribution in [2.75, 3.05) is 12.4 Å². The van der Waals surface area contributed by atoms with Gasteiger partial charge in [0, 0.05) is 12.6 Å². The maximum absolute atomic E-state index is 12.7. The zero-order valence-corrected chi connectivity index (χ0v) is 16.6. The molecule has 1 fully saturated rings. The molecule has 8 heteroatoms. The Morgan fingerprint density at radius 1 is 1.52 bits per heavy atom. The minimum Gasteiger partial charge on any atom is -0.322 e. The van der Waals surface area contributed by atoms with Gasteiger partial charge in [-0.05, 0) is 50.1 Å². The Labute approximate surface area is 162 Å². The number of rotatable bonds is 6. The monoisotopic (exact) mass is 384 g/mol. The first kappa shape index (κ1) is 17.8. The number of anilines is 1. The van der Waals surface area contributed by atoms with E-state index < -0.39 is 0 Å². The number of aryl methyl sites for hydroxylation is 1. The van der Waals surface area contributed by atoms with Crippen LogP contribution in [0.15, 0.2) is 29.8 Å². The van der Waals surface area contributed by atoms with Gasteiger partial charge in [-0.25, -0.2) is 9.48 Å². The van der Waals surface area contributed by atoms with Crippen LogP contribution in [0.2, 0.25) is 0 Å². The van der Waals surface area contributed by atoms with Gasteiger partial charge in [0.1, 0.15) is 11.5 Å². The summed E-state index contributed by atoms with van der Waals surface area (Å²) in [6.45, 7) is 4.59. The first-order valence-electron chi connectivity index (χ1n) is 9.17. The van der Waals surface area contributed by atoms with Crippen molar-refractivity contribution in [3.05, 3.63) is 41.0 Å². The van der Waals surface area contributed by atoms with Crippen LogP contribution in [-0.2, 0) is 6.54 Å². The number of carbonyl (C=O) groups excluding carboxylic acids is 1. The van der Waals surface area contributed by atoms with Gasteiger partial charge in [-0.2, -0.15) is 10.2 Å². The summed E-state index contributed by atoms with van der Waals surface area (Å²) in [5, 5.41) is 16.9. The third-order valence-electron chi connectivity index (χ3n) is 5.05. The molecule has 0 unspecified atom stereocenters. The van der Waals surface area contributed by atoms with Crippen LogP contribution >= 0.6 is 11.3 Å². The third kappa shape index (κ3) is 3.75. The lowest BCUT2D eigenvalue weighted by Crippen LogP contribution is -2.32. The number of nitrogens with one attached hydrogen (secondary N) is 2. The maximum atomic E-state index is 12.7. The average Bonchev–Trinajstić information content (AvgIpc) is 3.03. The molecule has 1 atom stereocenters. The van der Waals surface area contributed by atoms with Crippen molar-refractivity contribution in [2.45, 2.75) is 39.3 Å². The van der Waals surface area contributed by atoms with E-state index in [9.17, 15) is 4.79 Å². The fourth-order valence-corrected chi connectivity index (χ4v) is 3.89. The third-order valence-corrected chi connectivity index (χ3v) is 5.94. The lowest BCUT2D eigenvalue weighted by atomic mass is 10.2. The van der Waals surface area contributed by atoms with E-state index in [0.717, 1.165) is 27.6 Å². The highest BCUT2D eigenvalue weighted by Crippen LogP contribution is 2.40. The van der Waals surface area contributed by atoms with Crippen molar-refractivity contribution in [1.29, 1.82) is 0 Å². The number of H-pyrrole nitrogens is 1. The van der Waals surface area contributed by atoms with Crippen molar-refractivity contribution in [3.8, 4) is 10.6 Å². The van der Waals surface area contributed by atoms with Gasteiger partial charge in [-0.1, -0.05) is 6.07 Å². The number of aromatic amines is 1. The second kappa shape index (κ2) is 7.19. The van der Waals surface area contributed by atoms with Crippen LogP contribution in [0, 0.1) is 12.8 Å². The van der Waals surface area contributed by atoms with Crippen LogP contribution in [0.4, 0.5) is 10.6 Å². The molecule has 0 aromatic carbocycles. The lowest BCUT2D eigenvalue weighted by molar-refractivity contribution is 0.219. The molecule has 1 aliphatic rings. The predicted octanol–water partition coefficient (Wildman–Crippen LogP) is 4.28. The van der Waals surface area contributed by atoms with E-state index in [0.29, 0.717) is 18.5 Å². The molecule has 7 nitrogen and oxygen atoms in total. The molecule has 1 aliphatic carbocycles. The quantitative estimate of drug-likeness (QED) is 0.666. The highest BCUT2D eigenvalue weighted by atomic mass is 32.1. The highest BCUT2D eigenvalue weighted by molar-refractivity contribution is 7.13. The van der Waals surface area contributed by atoms with Crippen LogP contribution in [-0.4, -0.2) is 38.0 Å². The number of amides is 2. The number of hydrogen-bond acceptors (Lipinski definition) is 4. The Kier molecular flexibility index (Phi) is 4.73.